The highest BCUT2D eigenvalue weighted by molar-refractivity contribution is 7.91. The molecular weight excluding hydrogens is 302 g/mol. The van der Waals surface area contributed by atoms with Crippen molar-refractivity contribution in [1.29, 1.82) is 0 Å². The quantitative estimate of drug-likeness (QED) is 0.909. The summed E-state index contributed by atoms with van der Waals surface area (Å²) < 4.78 is 24.5. The number of benzene rings is 1. The van der Waals surface area contributed by atoms with Gasteiger partial charge in [0, 0.05) is 18.3 Å². The smallest absolute Gasteiger partial charge is 0.224 e. The molecule has 1 unspecified atom stereocenters. The van der Waals surface area contributed by atoms with E-state index in [1.54, 1.807) is 10.9 Å². The molecule has 1 aliphatic heterocycles. The predicted octanol–water partition coefficient (Wildman–Crippen LogP) is 0.923. The zero-order valence-electron chi connectivity index (χ0n) is 12.0. The number of carbonyl (C=O) groups is 1. The molecular formula is C15H17N3O3S. The van der Waals surface area contributed by atoms with Gasteiger partial charge in [0.25, 0.3) is 0 Å². The lowest BCUT2D eigenvalue weighted by molar-refractivity contribution is -0.124. The van der Waals surface area contributed by atoms with Crippen molar-refractivity contribution in [2.45, 2.75) is 13.0 Å². The minimum Gasteiger partial charge on any atom is -0.352 e. The van der Waals surface area contributed by atoms with Crippen molar-refractivity contribution < 1.29 is 13.2 Å². The molecule has 0 bridgehead atoms. The lowest BCUT2D eigenvalue weighted by Crippen LogP contribution is -2.30. The second-order valence-electron chi connectivity index (χ2n) is 5.45. The molecule has 0 aliphatic carbocycles. The van der Waals surface area contributed by atoms with Crippen molar-refractivity contribution in [3.63, 3.8) is 0 Å². The highest BCUT2D eigenvalue weighted by atomic mass is 32.2. The van der Waals surface area contributed by atoms with Gasteiger partial charge in [-0.1, -0.05) is 18.2 Å². The Morgan fingerprint density at radius 1 is 1.32 bits per heavy atom. The maximum absolute atomic E-state index is 12.0. The monoisotopic (exact) mass is 319 g/mol. The fourth-order valence-electron chi connectivity index (χ4n) is 2.51. The molecule has 1 N–H and O–H groups in total. The first-order valence-corrected chi connectivity index (χ1v) is 8.93. The summed E-state index contributed by atoms with van der Waals surface area (Å²) in [6, 6.07) is 9.68. The van der Waals surface area contributed by atoms with Crippen molar-refractivity contribution in [1.82, 2.24) is 15.1 Å². The number of para-hydroxylation sites is 1. The fraction of sp³-hybridized carbons (Fsp3) is 0.333. The van der Waals surface area contributed by atoms with Crippen molar-refractivity contribution in [3.8, 4) is 5.69 Å². The van der Waals surface area contributed by atoms with Gasteiger partial charge in [-0.25, -0.2) is 13.1 Å². The van der Waals surface area contributed by atoms with Crippen LogP contribution in [0.3, 0.4) is 0 Å². The molecule has 116 valence electrons. The summed E-state index contributed by atoms with van der Waals surface area (Å²) >= 11 is 0. The molecule has 0 spiro atoms. The van der Waals surface area contributed by atoms with E-state index < -0.39 is 15.8 Å². The van der Waals surface area contributed by atoms with Crippen LogP contribution in [0.15, 0.2) is 42.7 Å². The van der Waals surface area contributed by atoms with E-state index in [4.69, 9.17) is 0 Å². The van der Waals surface area contributed by atoms with Gasteiger partial charge in [-0.3, -0.25) is 4.79 Å². The molecule has 1 aromatic heterocycles. The van der Waals surface area contributed by atoms with Crippen molar-refractivity contribution in [2.75, 3.05) is 11.5 Å². The van der Waals surface area contributed by atoms with E-state index in [2.05, 4.69) is 10.4 Å². The van der Waals surface area contributed by atoms with Crippen LogP contribution in [0.5, 0.6) is 0 Å². The number of nitrogens with one attached hydrogen (secondary N) is 1. The van der Waals surface area contributed by atoms with Gasteiger partial charge < -0.3 is 5.32 Å². The first-order valence-electron chi connectivity index (χ1n) is 7.11. The van der Waals surface area contributed by atoms with Crippen molar-refractivity contribution >= 4 is 15.7 Å². The Kier molecular flexibility index (Phi) is 3.98. The van der Waals surface area contributed by atoms with E-state index in [0.717, 1.165) is 11.3 Å². The van der Waals surface area contributed by atoms with Gasteiger partial charge in [0.1, 0.15) is 0 Å². The van der Waals surface area contributed by atoms with Gasteiger partial charge in [0.15, 0.2) is 9.84 Å². The van der Waals surface area contributed by atoms with Gasteiger partial charge in [0.05, 0.1) is 29.3 Å². The largest absolute Gasteiger partial charge is 0.352 e. The van der Waals surface area contributed by atoms with E-state index in [1.165, 1.54) is 0 Å². The van der Waals surface area contributed by atoms with Crippen molar-refractivity contribution in [2.24, 2.45) is 5.92 Å². The molecule has 2 heterocycles. The number of hydrogen-bond donors (Lipinski definition) is 1. The minimum atomic E-state index is -3.03. The predicted molar refractivity (Wildman–Crippen MR) is 82.2 cm³/mol. The summed E-state index contributed by atoms with van der Waals surface area (Å²) in [5, 5.41) is 7.04. The molecule has 1 aliphatic rings. The molecule has 1 aromatic carbocycles. The van der Waals surface area contributed by atoms with Crippen LogP contribution in [-0.2, 0) is 21.2 Å². The van der Waals surface area contributed by atoms with E-state index in [-0.39, 0.29) is 17.4 Å². The maximum atomic E-state index is 12.0. The minimum absolute atomic E-state index is 0.0396. The summed E-state index contributed by atoms with van der Waals surface area (Å²) in [6.45, 7) is 0.349. The first-order chi connectivity index (χ1) is 10.5. The molecule has 1 fully saturated rings. The number of hydrogen-bond acceptors (Lipinski definition) is 4. The molecule has 7 heteroatoms. The third-order valence-electron chi connectivity index (χ3n) is 3.73. The SMILES string of the molecule is O=C(NCc1cnn(-c2ccccc2)c1)C1CCS(=O)(=O)C1. The molecule has 0 radical (unpaired) electrons. The number of nitrogens with zero attached hydrogens (tertiary/aromatic N) is 2. The van der Waals surface area contributed by atoms with Crippen LogP contribution in [0.1, 0.15) is 12.0 Å². The topological polar surface area (TPSA) is 81.1 Å². The zero-order valence-corrected chi connectivity index (χ0v) is 12.8. The van der Waals surface area contributed by atoms with Gasteiger partial charge in [-0.05, 0) is 18.6 Å². The van der Waals surface area contributed by atoms with E-state index in [1.807, 2.05) is 36.5 Å². The lowest BCUT2D eigenvalue weighted by atomic mass is 10.1. The zero-order chi connectivity index (χ0) is 15.6. The van der Waals surface area contributed by atoms with Crippen LogP contribution in [0.2, 0.25) is 0 Å². The highest BCUT2D eigenvalue weighted by Crippen LogP contribution is 2.18. The number of carbonyl (C=O) groups excluding carboxylic acids is 1. The molecule has 3 rings (SSSR count). The molecule has 1 saturated heterocycles. The van der Waals surface area contributed by atoms with Crippen LogP contribution in [0, 0.1) is 5.92 Å². The van der Waals surface area contributed by atoms with Gasteiger partial charge in [-0.15, -0.1) is 0 Å². The Hall–Kier alpha value is -2.15. The highest BCUT2D eigenvalue weighted by Gasteiger charge is 2.32. The first kappa shape index (κ1) is 14.8. The standard InChI is InChI=1S/C15H17N3O3S/c19-15(13-6-7-22(20,21)11-13)16-8-12-9-17-18(10-12)14-4-2-1-3-5-14/h1-5,9-10,13H,6-8,11H2,(H,16,19). The Balaban J connectivity index is 1.59. The Morgan fingerprint density at radius 2 is 2.09 bits per heavy atom. The number of amides is 1. The third-order valence-corrected chi connectivity index (χ3v) is 5.49. The molecule has 0 saturated carbocycles. The number of aromatic nitrogens is 2. The second kappa shape index (κ2) is 5.92. The summed E-state index contributed by atoms with van der Waals surface area (Å²) in [5.41, 5.74) is 1.82. The van der Waals surface area contributed by atoms with Crippen LogP contribution < -0.4 is 5.32 Å². The van der Waals surface area contributed by atoms with Crippen LogP contribution in [-0.4, -0.2) is 35.6 Å². The molecule has 1 atom stereocenters. The maximum Gasteiger partial charge on any atom is 0.224 e. The Morgan fingerprint density at radius 3 is 2.77 bits per heavy atom. The van der Waals surface area contributed by atoms with Crippen LogP contribution in [0.25, 0.3) is 5.69 Å². The summed E-state index contributed by atoms with van der Waals surface area (Å²) in [7, 11) is -3.03. The summed E-state index contributed by atoms with van der Waals surface area (Å²) in [6.07, 6.45) is 3.96. The summed E-state index contributed by atoms with van der Waals surface area (Å²) in [5.74, 6) is -0.554. The average Bonchev–Trinajstić information content (AvgIpc) is 3.12. The Bertz CT molecular complexity index is 768. The summed E-state index contributed by atoms with van der Waals surface area (Å²) in [4.78, 5) is 12.0. The molecule has 22 heavy (non-hydrogen) atoms. The van der Waals surface area contributed by atoms with Gasteiger partial charge in [-0.2, -0.15) is 5.10 Å². The second-order valence-corrected chi connectivity index (χ2v) is 7.68. The van der Waals surface area contributed by atoms with E-state index in [9.17, 15) is 13.2 Å². The van der Waals surface area contributed by atoms with Gasteiger partial charge in [0.2, 0.25) is 5.91 Å². The normalized spacial score (nSPS) is 19.9. The number of sulfone groups is 1. The van der Waals surface area contributed by atoms with Crippen LogP contribution >= 0.6 is 0 Å². The fourth-order valence-corrected chi connectivity index (χ4v) is 4.25. The Labute approximate surface area is 129 Å². The molecule has 1 amide bonds. The lowest BCUT2D eigenvalue weighted by Gasteiger charge is -2.08. The molecule has 6 nitrogen and oxygen atoms in total. The van der Waals surface area contributed by atoms with Gasteiger partial charge >= 0.3 is 0 Å². The molecule has 2 aromatic rings. The number of rotatable bonds is 4. The van der Waals surface area contributed by atoms with Crippen molar-refractivity contribution in [3.05, 3.63) is 48.3 Å². The average molecular weight is 319 g/mol. The van der Waals surface area contributed by atoms with E-state index in [0.29, 0.717) is 13.0 Å². The third kappa shape index (κ3) is 3.36. The van der Waals surface area contributed by atoms with Crippen LogP contribution in [0.4, 0.5) is 0 Å². The van der Waals surface area contributed by atoms with E-state index >= 15 is 0 Å².